The first-order valence-electron chi connectivity index (χ1n) is 5.77. The Morgan fingerprint density at radius 1 is 1.50 bits per heavy atom. The molecule has 1 saturated carbocycles. The van der Waals surface area contributed by atoms with Gasteiger partial charge in [0.2, 0.25) is 0 Å². The number of benzene rings is 1. The Morgan fingerprint density at radius 3 is 2.81 bits per heavy atom. The predicted octanol–water partition coefficient (Wildman–Crippen LogP) is 4.93. The molecular formula is C13H16BrClO. The molecule has 1 aromatic carbocycles. The Kier molecular flexibility index (Phi) is 4.15. The topological polar surface area (TPSA) is 9.23 Å². The minimum atomic E-state index is 0.123. The molecule has 0 aliphatic heterocycles. The van der Waals surface area contributed by atoms with Gasteiger partial charge in [-0.15, -0.1) is 11.6 Å². The van der Waals surface area contributed by atoms with Crippen LogP contribution in [-0.2, 0) is 0 Å². The molecule has 16 heavy (non-hydrogen) atoms. The lowest BCUT2D eigenvalue weighted by Crippen LogP contribution is -1.96. The lowest BCUT2D eigenvalue weighted by Gasteiger charge is -2.12. The van der Waals surface area contributed by atoms with E-state index in [0.29, 0.717) is 6.61 Å². The van der Waals surface area contributed by atoms with Crippen molar-refractivity contribution in [1.82, 2.24) is 0 Å². The van der Waals surface area contributed by atoms with E-state index in [1.54, 1.807) is 0 Å². The number of hydrogen-bond acceptors (Lipinski definition) is 1. The molecule has 88 valence electrons. The van der Waals surface area contributed by atoms with Crippen LogP contribution in [0, 0.1) is 5.92 Å². The van der Waals surface area contributed by atoms with Gasteiger partial charge < -0.3 is 4.74 Å². The van der Waals surface area contributed by atoms with Crippen molar-refractivity contribution in [1.29, 1.82) is 0 Å². The van der Waals surface area contributed by atoms with Crippen molar-refractivity contribution in [2.75, 3.05) is 6.61 Å². The van der Waals surface area contributed by atoms with Gasteiger partial charge in [-0.3, -0.25) is 0 Å². The molecule has 2 rings (SSSR count). The van der Waals surface area contributed by atoms with E-state index in [2.05, 4.69) is 22.0 Å². The molecule has 1 aliphatic rings. The third kappa shape index (κ3) is 3.14. The molecular weight excluding hydrogens is 287 g/mol. The first-order chi connectivity index (χ1) is 7.70. The highest BCUT2D eigenvalue weighted by molar-refractivity contribution is 9.10. The molecule has 0 bridgehead atoms. The molecule has 0 spiro atoms. The van der Waals surface area contributed by atoms with Crippen LogP contribution in [0.5, 0.6) is 5.75 Å². The quantitative estimate of drug-likeness (QED) is 0.701. The Bertz CT molecular complexity index is 363. The van der Waals surface area contributed by atoms with Crippen LogP contribution in [0.1, 0.15) is 37.1 Å². The summed E-state index contributed by atoms with van der Waals surface area (Å²) in [5, 5.41) is 0.123. The van der Waals surface area contributed by atoms with Crippen LogP contribution in [0.15, 0.2) is 22.7 Å². The predicted molar refractivity (Wildman–Crippen MR) is 71.2 cm³/mol. The molecule has 0 N–H and O–H groups in total. The molecule has 0 amide bonds. The maximum absolute atomic E-state index is 6.41. The first-order valence-corrected chi connectivity index (χ1v) is 7.00. The second kappa shape index (κ2) is 5.42. The Morgan fingerprint density at radius 2 is 2.25 bits per heavy atom. The van der Waals surface area contributed by atoms with Crippen LogP contribution >= 0.6 is 27.5 Å². The summed E-state index contributed by atoms with van der Waals surface area (Å²) in [6.07, 6.45) is 3.78. The maximum Gasteiger partial charge on any atom is 0.120 e. The molecule has 1 aromatic rings. The summed E-state index contributed by atoms with van der Waals surface area (Å²) in [5.74, 6) is 1.74. The molecule has 1 nitrogen and oxygen atoms in total. The molecule has 0 heterocycles. The lowest BCUT2D eigenvalue weighted by molar-refractivity contribution is 0.340. The van der Waals surface area contributed by atoms with Gasteiger partial charge in [-0.1, -0.05) is 34.8 Å². The lowest BCUT2D eigenvalue weighted by atomic mass is 10.1. The molecule has 1 atom stereocenters. The van der Waals surface area contributed by atoms with Crippen molar-refractivity contribution in [3.05, 3.63) is 28.2 Å². The highest BCUT2D eigenvalue weighted by atomic mass is 79.9. The smallest absolute Gasteiger partial charge is 0.120 e. The summed E-state index contributed by atoms with van der Waals surface area (Å²) in [6.45, 7) is 2.68. The minimum Gasteiger partial charge on any atom is -0.494 e. The summed E-state index contributed by atoms with van der Waals surface area (Å²) in [7, 11) is 0. The average Bonchev–Trinajstić information content (AvgIpc) is 3.02. The van der Waals surface area contributed by atoms with Gasteiger partial charge in [0, 0.05) is 4.47 Å². The zero-order valence-electron chi connectivity index (χ0n) is 9.38. The van der Waals surface area contributed by atoms with Gasteiger partial charge in [0.25, 0.3) is 0 Å². The summed E-state index contributed by atoms with van der Waals surface area (Å²) < 4.78 is 6.50. The monoisotopic (exact) mass is 302 g/mol. The SMILES string of the molecule is CCOc1ccc(C(Cl)CC2CC2)c(Br)c1. The van der Waals surface area contributed by atoms with E-state index < -0.39 is 0 Å². The van der Waals surface area contributed by atoms with Crippen molar-refractivity contribution >= 4 is 27.5 Å². The van der Waals surface area contributed by atoms with Crippen LogP contribution in [0.2, 0.25) is 0 Å². The van der Waals surface area contributed by atoms with E-state index in [9.17, 15) is 0 Å². The van der Waals surface area contributed by atoms with Crippen molar-refractivity contribution in [2.24, 2.45) is 5.92 Å². The van der Waals surface area contributed by atoms with Crippen molar-refractivity contribution < 1.29 is 4.74 Å². The second-order valence-electron chi connectivity index (χ2n) is 4.26. The maximum atomic E-state index is 6.41. The second-order valence-corrected chi connectivity index (χ2v) is 5.64. The van der Waals surface area contributed by atoms with Crippen molar-refractivity contribution in [3.63, 3.8) is 0 Å². The zero-order chi connectivity index (χ0) is 11.5. The number of halogens is 2. The van der Waals surface area contributed by atoms with Gasteiger partial charge in [-0.2, -0.15) is 0 Å². The number of hydrogen-bond donors (Lipinski definition) is 0. The van der Waals surface area contributed by atoms with Gasteiger partial charge >= 0.3 is 0 Å². The van der Waals surface area contributed by atoms with Crippen LogP contribution < -0.4 is 4.74 Å². The van der Waals surface area contributed by atoms with E-state index in [-0.39, 0.29) is 5.38 Å². The molecule has 0 saturated heterocycles. The Balaban J connectivity index is 2.07. The fourth-order valence-electron chi connectivity index (χ4n) is 1.79. The van der Waals surface area contributed by atoms with E-state index in [4.69, 9.17) is 16.3 Å². The molecule has 0 aromatic heterocycles. The van der Waals surface area contributed by atoms with E-state index in [1.807, 2.05) is 19.1 Å². The van der Waals surface area contributed by atoms with Crippen LogP contribution in [0.25, 0.3) is 0 Å². The largest absolute Gasteiger partial charge is 0.494 e. The molecule has 1 aliphatic carbocycles. The zero-order valence-corrected chi connectivity index (χ0v) is 11.7. The molecule has 0 radical (unpaired) electrons. The normalized spacial score (nSPS) is 17.2. The fourth-order valence-corrected chi connectivity index (χ4v) is 3.00. The van der Waals surface area contributed by atoms with Gasteiger partial charge in [0.1, 0.15) is 5.75 Å². The van der Waals surface area contributed by atoms with Crippen LogP contribution in [0.3, 0.4) is 0 Å². The van der Waals surface area contributed by atoms with Gasteiger partial charge in [0.15, 0.2) is 0 Å². The van der Waals surface area contributed by atoms with Crippen LogP contribution in [-0.4, -0.2) is 6.61 Å². The summed E-state index contributed by atoms with van der Waals surface area (Å²) >= 11 is 9.97. The molecule has 1 fully saturated rings. The van der Waals surface area contributed by atoms with Crippen LogP contribution in [0.4, 0.5) is 0 Å². The van der Waals surface area contributed by atoms with Crippen molar-refractivity contribution in [2.45, 2.75) is 31.6 Å². The van der Waals surface area contributed by atoms with Gasteiger partial charge in [0.05, 0.1) is 12.0 Å². The highest BCUT2D eigenvalue weighted by Gasteiger charge is 2.26. The van der Waals surface area contributed by atoms with E-state index in [1.165, 1.54) is 18.4 Å². The molecule has 3 heteroatoms. The third-order valence-corrected chi connectivity index (χ3v) is 3.96. The first kappa shape index (κ1) is 12.3. The van der Waals surface area contributed by atoms with Gasteiger partial charge in [-0.05, 0) is 37.0 Å². The summed E-state index contributed by atoms with van der Waals surface area (Å²) in [4.78, 5) is 0. The average molecular weight is 304 g/mol. The third-order valence-electron chi connectivity index (χ3n) is 2.86. The number of alkyl halides is 1. The van der Waals surface area contributed by atoms with E-state index in [0.717, 1.165) is 22.6 Å². The van der Waals surface area contributed by atoms with E-state index >= 15 is 0 Å². The number of rotatable bonds is 5. The summed E-state index contributed by atoms with van der Waals surface area (Å²) in [6, 6.07) is 6.06. The highest BCUT2D eigenvalue weighted by Crippen LogP contribution is 2.42. The number of ether oxygens (including phenoxy) is 1. The Labute approximate surface area is 110 Å². The fraction of sp³-hybridized carbons (Fsp3) is 0.538. The molecule has 1 unspecified atom stereocenters. The Hall–Kier alpha value is -0.210. The standard InChI is InChI=1S/C13H16BrClO/c1-2-16-10-5-6-11(12(14)8-10)13(15)7-9-3-4-9/h5-6,8-9,13H,2-4,7H2,1H3. The summed E-state index contributed by atoms with van der Waals surface area (Å²) in [5.41, 5.74) is 1.18. The van der Waals surface area contributed by atoms with Crippen molar-refractivity contribution in [3.8, 4) is 5.75 Å². The van der Waals surface area contributed by atoms with Gasteiger partial charge in [-0.25, -0.2) is 0 Å². The minimum absolute atomic E-state index is 0.123.